The van der Waals surface area contributed by atoms with Crippen LogP contribution in [0.3, 0.4) is 0 Å². The maximum atomic E-state index is 5.85. The molecule has 0 aliphatic carbocycles. The Morgan fingerprint density at radius 1 is 1.33 bits per heavy atom. The third-order valence-corrected chi connectivity index (χ3v) is 3.28. The van der Waals surface area contributed by atoms with Crippen molar-refractivity contribution < 1.29 is 0 Å². The van der Waals surface area contributed by atoms with Crippen molar-refractivity contribution in [3.05, 3.63) is 24.5 Å². The Morgan fingerprint density at radius 3 is 2.83 bits per heavy atom. The maximum Gasteiger partial charge on any atom is 0.139 e. The van der Waals surface area contributed by atoms with Crippen LogP contribution in [0.4, 0.5) is 11.5 Å². The quantitative estimate of drug-likeness (QED) is 0.840. The van der Waals surface area contributed by atoms with Gasteiger partial charge < -0.3 is 10.6 Å². The third-order valence-electron chi connectivity index (χ3n) is 3.28. The van der Waals surface area contributed by atoms with Crippen molar-refractivity contribution in [3.63, 3.8) is 0 Å². The van der Waals surface area contributed by atoms with Gasteiger partial charge in [0, 0.05) is 24.7 Å². The Morgan fingerprint density at radius 2 is 2.11 bits per heavy atom. The van der Waals surface area contributed by atoms with Crippen LogP contribution in [0.1, 0.15) is 20.3 Å². The molecule has 1 unspecified atom stereocenters. The number of nitrogens with zero attached hydrogens (tertiary/aromatic N) is 3. The molecule has 0 radical (unpaired) electrons. The summed E-state index contributed by atoms with van der Waals surface area (Å²) in [5.41, 5.74) is 7.53. The molecule has 0 amide bonds. The molecule has 1 aromatic heterocycles. The smallest absolute Gasteiger partial charge is 0.139 e. The van der Waals surface area contributed by atoms with Gasteiger partial charge >= 0.3 is 0 Å². The molecule has 4 nitrogen and oxygen atoms in total. The van der Waals surface area contributed by atoms with Crippen molar-refractivity contribution in [3.8, 4) is 0 Å². The first-order valence-electron chi connectivity index (χ1n) is 6.33. The van der Waals surface area contributed by atoms with Crippen LogP contribution in [0.5, 0.6) is 0 Å². The number of hydrogen-bond acceptors (Lipinski definition) is 4. The van der Waals surface area contributed by atoms with Gasteiger partial charge in [0.15, 0.2) is 0 Å². The van der Waals surface area contributed by atoms with E-state index in [4.69, 9.17) is 5.73 Å². The van der Waals surface area contributed by atoms with Gasteiger partial charge in [-0.25, -0.2) is 9.97 Å². The zero-order chi connectivity index (χ0) is 13.1. The zero-order valence-electron chi connectivity index (χ0n) is 11.2. The number of fused-ring (bicyclic) bond motifs is 1. The van der Waals surface area contributed by atoms with Crippen molar-refractivity contribution in [2.75, 3.05) is 24.2 Å². The van der Waals surface area contributed by atoms with Crippen LogP contribution in [-0.2, 0) is 0 Å². The highest BCUT2D eigenvalue weighted by Gasteiger charge is 2.11. The van der Waals surface area contributed by atoms with E-state index in [9.17, 15) is 0 Å². The highest BCUT2D eigenvalue weighted by Crippen LogP contribution is 2.24. The van der Waals surface area contributed by atoms with Crippen molar-refractivity contribution in [2.24, 2.45) is 5.92 Å². The van der Waals surface area contributed by atoms with Gasteiger partial charge in [0.2, 0.25) is 0 Å². The summed E-state index contributed by atoms with van der Waals surface area (Å²) in [6.07, 6.45) is 2.77. The molecule has 18 heavy (non-hydrogen) atoms. The summed E-state index contributed by atoms with van der Waals surface area (Å²) in [6, 6.07) is 5.75. The van der Waals surface area contributed by atoms with Crippen LogP contribution in [0.2, 0.25) is 0 Å². The molecule has 0 saturated heterocycles. The molecule has 0 fully saturated rings. The third kappa shape index (κ3) is 2.53. The Bertz CT molecular complexity index is 538. The fourth-order valence-electron chi connectivity index (χ4n) is 2.05. The van der Waals surface area contributed by atoms with E-state index in [1.54, 1.807) is 6.33 Å². The molecular formula is C14H20N4. The fraction of sp³-hybridized carbons (Fsp3) is 0.429. The topological polar surface area (TPSA) is 55.0 Å². The van der Waals surface area contributed by atoms with Crippen LogP contribution in [-0.4, -0.2) is 23.6 Å². The predicted molar refractivity (Wildman–Crippen MR) is 76.7 cm³/mol. The molecule has 2 rings (SSSR count). The second kappa shape index (κ2) is 5.21. The van der Waals surface area contributed by atoms with Crippen LogP contribution >= 0.6 is 0 Å². The van der Waals surface area contributed by atoms with E-state index in [0.717, 1.165) is 35.4 Å². The molecule has 0 spiro atoms. The van der Waals surface area contributed by atoms with Gasteiger partial charge in [0.25, 0.3) is 0 Å². The number of nitrogen functional groups attached to an aromatic ring is 1. The molecule has 0 aliphatic rings. The Kier molecular flexibility index (Phi) is 3.65. The summed E-state index contributed by atoms with van der Waals surface area (Å²) in [5.74, 6) is 1.59. The van der Waals surface area contributed by atoms with E-state index in [0.29, 0.717) is 5.92 Å². The molecule has 0 bridgehead atoms. The van der Waals surface area contributed by atoms with Crippen molar-refractivity contribution in [1.29, 1.82) is 0 Å². The van der Waals surface area contributed by atoms with Crippen molar-refractivity contribution in [2.45, 2.75) is 20.3 Å². The zero-order valence-corrected chi connectivity index (χ0v) is 11.2. The molecule has 0 aliphatic heterocycles. The van der Waals surface area contributed by atoms with Gasteiger partial charge in [-0.05, 0) is 24.1 Å². The van der Waals surface area contributed by atoms with Crippen molar-refractivity contribution in [1.82, 2.24) is 9.97 Å². The molecular weight excluding hydrogens is 224 g/mol. The van der Waals surface area contributed by atoms with E-state index < -0.39 is 0 Å². The lowest BCUT2D eigenvalue weighted by Crippen LogP contribution is -2.24. The number of benzene rings is 1. The Labute approximate surface area is 108 Å². The summed E-state index contributed by atoms with van der Waals surface area (Å²) >= 11 is 0. The van der Waals surface area contributed by atoms with Gasteiger partial charge in [0.05, 0.1) is 5.52 Å². The summed E-state index contributed by atoms with van der Waals surface area (Å²) in [6.45, 7) is 5.43. The van der Waals surface area contributed by atoms with Gasteiger partial charge in [-0.1, -0.05) is 20.3 Å². The molecule has 2 N–H and O–H groups in total. The first-order valence-corrected chi connectivity index (χ1v) is 6.33. The lowest BCUT2D eigenvalue weighted by atomic mass is 10.1. The lowest BCUT2D eigenvalue weighted by Gasteiger charge is -2.22. The van der Waals surface area contributed by atoms with E-state index in [2.05, 4.69) is 35.8 Å². The van der Waals surface area contributed by atoms with Crippen molar-refractivity contribution >= 4 is 22.4 Å². The minimum absolute atomic E-state index is 0.640. The Hall–Kier alpha value is -1.84. The summed E-state index contributed by atoms with van der Waals surface area (Å²) in [4.78, 5) is 10.8. The number of aromatic nitrogens is 2. The van der Waals surface area contributed by atoms with Gasteiger partial charge in [-0.15, -0.1) is 0 Å². The SMILES string of the molecule is CCC(C)CN(C)c1ncnc2ccc(N)cc12. The average molecular weight is 244 g/mol. The standard InChI is InChI=1S/C14H20N4/c1-4-10(2)8-18(3)14-12-7-11(15)5-6-13(12)16-9-17-14/h5-7,9-10H,4,8,15H2,1-3H3. The lowest BCUT2D eigenvalue weighted by molar-refractivity contribution is 0.558. The monoisotopic (exact) mass is 244 g/mol. The molecule has 1 atom stereocenters. The Balaban J connectivity index is 2.40. The van der Waals surface area contributed by atoms with E-state index in [1.807, 2.05) is 18.2 Å². The highest BCUT2D eigenvalue weighted by molar-refractivity contribution is 5.91. The van der Waals surface area contributed by atoms with Crippen LogP contribution < -0.4 is 10.6 Å². The van der Waals surface area contributed by atoms with Crippen LogP contribution in [0, 0.1) is 5.92 Å². The van der Waals surface area contributed by atoms with E-state index in [1.165, 1.54) is 0 Å². The number of hydrogen-bond donors (Lipinski definition) is 1. The first-order chi connectivity index (χ1) is 8.61. The molecule has 4 heteroatoms. The number of nitrogens with two attached hydrogens (primary N) is 1. The van der Waals surface area contributed by atoms with Crippen LogP contribution in [0.25, 0.3) is 10.9 Å². The second-order valence-electron chi connectivity index (χ2n) is 4.87. The van der Waals surface area contributed by atoms with E-state index >= 15 is 0 Å². The summed E-state index contributed by atoms with van der Waals surface area (Å²) in [5, 5.41) is 1.02. The summed E-state index contributed by atoms with van der Waals surface area (Å²) in [7, 11) is 2.07. The summed E-state index contributed by atoms with van der Waals surface area (Å²) < 4.78 is 0. The van der Waals surface area contributed by atoms with Gasteiger partial charge in [0.1, 0.15) is 12.1 Å². The minimum atomic E-state index is 0.640. The fourth-order valence-corrected chi connectivity index (χ4v) is 2.05. The number of anilines is 2. The maximum absolute atomic E-state index is 5.85. The molecule has 96 valence electrons. The largest absolute Gasteiger partial charge is 0.399 e. The van der Waals surface area contributed by atoms with Gasteiger partial charge in [-0.2, -0.15) is 0 Å². The molecule has 1 aromatic carbocycles. The second-order valence-corrected chi connectivity index (χ2v) is 4.87. The normalized spacial score (nSPS) is 12.6. The number of rotatable bonds is 4. The minimum Gasteiger partial charge on any atom is -0.399 e. The van der Waals surface area contributed by atoms with Gasteiger partial charge in [-0.3, -0.25) is 0 Å². The average Bonchev–Trinajstić information content (AvgIpc) is 2.37. The first kappa shape index (κ1) is 12.6. The highest BCUT2D eigenvalue weighted by atomic mass is 15.2. The molecule has 1 heterocycles. The predicted octanol–water partition coefficient (Wildman–Crippen LogP) is 2.69. The van der Waals surface area contributed by atoms with E-state index in [-0.39, 0.29) is 0 Å². The van der Waals surface area contributed by atoms with Crippen LogP contribution in [0.15, 0.2) is 24.5 Å². The molecule has 0 saturated carbocycles. The molecule has 2 aromatic rings.